The van der Waals surface area contributed by atoms with Crippen molar-refractivity contribution in [3.05, 3.63) is 53.4 Å². The molecule has 0 aliphatic heterocycles. The predicted molar refractivity (Wildman–Crippen MR) is 57.7 cm³/mol. The SMILES string of the molecule is CCn1cc(C(=O)c2ccc(F)cc2F)cn1. The Morgan fingerprint density at radius 1 is 1.41 bits per heavy atom. The van der Waals surface area contributed by atoms with E-state index in [9.17, 15) is 13.6 Å². The van der Waals surface area contributed by atoms with Crippen molar-refractivity contribution in [3.8, 4) is 0 Å². The summed E-state index contributed by atoms with van der Waals surface area (Å²) in [6.07, 6.45) is 2.90. The lowest BCUT2D eigenvalue weighted by atomic mass is 10.1. The van der Waals surface area contributed by atoms with Crippen molar-refractivity contribution in [1.29, 1.82) is 0 Å². The van der Waals surface area contributed by atoms with Gasteiger partial charge in [-0.15, -0.1) is 0 Å². The normalized spacial score (nSPS) is 10.5. The van der Waals surface area contributed by atoms with E-state index in [1.54, 1.807) is 4.68 Å². The molecule has 1 aromatic carbocycles. The molecule has 0 saturated heterocycles. The number of ketones is 1. The molecule has 2 rings (SSSR count). The van der Waals surface area contributed by atoms with Gasteiger partial charge in [0, 0.05) is 18.8 Å². The van der Waals surface area contributed by atoms with Gasteiger partial charge in [0.2, 0.25) is 0 Å². The molecule has 0 aliphatic carbocycles. The van der Waals surface area contributed by atoms with Crippen LogP contribution in [-0.2, 0) is 6.54 Å². The minimum atomic E-state index is -0.862. The lowest BCUT2D eigenvalue weighted by Gasteiger charge is -2.00. The standard InChI is InChI=1S/C12H10F2N2O/c1-2-16-7-8(6-15-16)12(17)10-4-3-9(13)5-11(10)14/h3-7H,2H2,1H3. The molecule has 0 N–H and O–H groups in total. The summed E-state index contributed by atoms with van der Waals surface area (Å²) in [6.45, 7) is 2.50. The average molecular weight is 236 g/mol. The van der Waals surface area contributed by atoms with Gasteiger partial charge in [-0.05, 0) is 19.1 Å². The zero-order valence-electron chi connectivity index (χ0n) is 9.15. The molecule has 3 nitrogen and oxygen atoms in total. The van der Waals surface area contributed by atoms with E-state index in [1.807, 2.05) is 6.92 Å². The second kappa shape index (κ2) is 4.45. The summed E-state index contributed by atoms with van der Waals surface area (Å²) in [4.78, 5) is 11.9. The van der Waals surface area contributed by atoms with Gasteiger partial charge in [0.15, 0.2) is 5.78 Å². The van der Waals surface area contributed by atoms with Gasteiger partial charge in [0.05, 0.1) is 17.3 Å². The van der Waals surface area contributed by atoms with Crippen LogP contribution in [0.1, 0.15) is 22.8 Å². The highest BCUT2D eigenvalue weighted by Gasteiger charge is 2.16. The number of hydrogen-bond donors (Lipinski definition) is 0. The summed E-state index contributed by atoms with van der Waals surface area (Å²) in [6, 6.07) is 2.88. The van der Waals surface area contributed by atoms with Crippen LogP contribution in [0.4, 0.5) is 8.78 Å². The minimum Gasteiger partial charge on any atom is -0.288 e. The molecule has 0 saturated carbocycles. The highest BCUT2D eigenvalue weighted by atomic mass is 19.1. The molecule has 0 radical (unpaired) electrons. The van der Waals surface area contributed by atoms with Crippen LogP contribution in [0.2, 0.25) is 0 Å². The largest absolute Gasteiger partial charge is 0.288 e. The van der Waals surface area contributed by atoms with Crippen molar-refractivity contribution in [1.82, 2.24) is 9.78 Å². The Morgan fingerprint density at radius 2 is 2.18 bits per heavy atom. The smallest absolute Gasteiger partial charge is 0.199 e. The zero-order valence-corrected chi connectivity index (χ0v) is 9.15. The number of carbonyl (C=O) groups excluding carboxylic acids is 1. The molecule has 1 aromatic heterocycles. The Hall–Kier alpha value is -2.04. The van der Waals surface area contributed by atoms with Crippen molar-refractivity contribution in [3.63, 3.8) is 0 Å². The summed E-state index contributed by atoms with van der Waals surface area (Å²) < 4.78 is 27.7. The predicted octanol–water partition coefficient (Wildman–Crippen LogP) is 2.41. The molecule has 5 heteroatoms. The highest BCUT2D eigenvalue weighted by Crippen LogP contribution is 2.14. The van der Waals surface area contributed by atoms with Crippen LogP contribution in [-0.4, -0.2) is 15.6 Å². The minimum absolute atomic E-state index is 0.151. The number of benzene rings is 1. The van der Waals surface area contributed by atoms with Gasteiger partial charge >= 0.3 is 0 Å². The van der Waals surface area contributed by atoms with E-state index in [0.717, 1.165) is 12.1 Å². The van der Waals surface area contributed by atoms with Crippen LogP contribution < -0.4 is 0 Å². The molecule has 88 valence electrons. The number of hydrogen-bond acceptors (Lipinski definition) is 2. The van der Waals surface area contributed by atoms with Crippen LogP contribution in [0, 0.1) is 11.6 Å². The van der Waals surface area contributed by atoms with E-state index in [2.05, 4.69) is 5.10 Å². The monoisotopic (exact) mass is 236 g/mol. The Morgan fingerprint density at radius 3 is 2.76 bits per heavy atom. The molecule has 2 aromatic rings. The lowest BCUT2D eigenvalue weighted by Crippen LogP contribution is -2.03. The molecule has 1 heterocycles. The Labute approximate surface area is 96.7 Å². The molecule has 0 unspecified atom stereocenters. The number of nitrogens with zero attached hydrogens (tertiary/aromatic N) is 2. The summed E-state index contributed by atoms with van der Waals surface area (Å²) in [7, 11) is 0. The summed E-state index contributed by atoms with van der Waals surface area (Å²) >= 11 is 0. The Balaban J connectivity index is 2.36. The van der Waals surface area contributed by atoms with E-state index in [-0.39, 0.29) is 11.1 Å². The van der Waals surface area contributed by atoms with Crippen LogP contribution >= 0.6 is 0 Å². The molecule has 0 fully saturated rings. The molecule has 0 amide bonds. The third-order valence-electron chi connectivity index (χ3n) is 2.40. The fourth-order valence-corrected chi connectivity index (χ4v) is 1.48. The second-order valence-corrected chi connectivity index (χ2v) is 3.54. The third-order valence-corrected chi connectivity index (χ3v) is 2.40. The number of aryl methyl sites for hydroxylation is 1. The van der Waals surface area contributed by atoms with E-state index in [0.29, 0.717) is 12.6 Å². The summed E-state index contributed by atoms with van der Waals surface area (Å²) in [5.74, 6) is -2.07. The van der Waals surface area contributed by atoms with Crippen LogP contribution in [0.5, 0.6) is 0 Å². The first kappa shape index (κ1) is 11.4. The number of carbonyl (C=O) groups is 1. The van der Waals surface area contributed by atoms with Gasteiger partial charge in [0.1, 0.15) is 11.6 Å². The molecule has 0 aliphatic rings. The molecule has 0 spiro atoms. The summed E-state index contributed by atoms with van der Waals surface area (Å²) in [5.41, 5.74) is 0.138. The average Bonchev–Trinajstić information content (AvgIpc) is 2.76. The molecular weight excluding hydrogens is 226 g/mol. The van der Waals surface area contributed by atoms with Gasteiger partial charge in [-0.25, -0.2) is 8.78 Å². The van der Waals surface area contributed by atoms with Gasteiger partial charge in [-0.2, -0.15) is 5.10 Å². The quantitative estimate of drug-likeness (QED) is 0.767. The maximum Gasteiger partial charge on any atom is 0.199 e. The molecule has 0 bridgehead atoms. The second-order valence-electron chi connectivity index (χ2n) is 3.54. The molecule has 17 heavy (non-hydrogen) atoms. The first-order valence-electron chi connectivity index (χ1n) is 5.14. The number of aromatic nitrogens is 2. The topological polar surface area (TPSA) is 34.9 Å². The fraction of sp³-hybridized carbons (Fsp3) is 0.167. The van der Waals surface area contributed by atoms with E-state index < -0.39 is 17.4 Å². The molecular formula is C12H10F2N2O. The molecule has 0 atom stereocenters. The van der Waals surface area contributed by atoms with Gasteiger partial charge in [0.25, 0.3) is 0 Å². The van der Waals surface area contributed by atoms with Crippen molar-refractivity contribution in [2.75, 3.05) is 0 Å². The first-order chi connectivity index (χ1) is 8.11. The zero-order chi connectivity index (χ0) is 12.4. The van der Waals surface area contributed by atoms with E-state index in [4.69, 9.17) is 0 Å². The lowest BCUT2D eigenvalue weighted by molar-refractivity contribution is 0.103. The first-order valence-corrected chi connectivity index (χ1v) is 5.14. The van der Waals surface area contributed by atoms with Crippen LogP contribution in [0.25, 0.3) is 0 Å². The van der Waals surface area contributed by atoms with Crippen molar-refractivity contribution < 1.29 is 13.6 Å². The van der Waals surface area contributed by atoms with E-state index >= 15 is 0 Å². The Bertz CT molecular complexity index is 563. The maximum atomic E-state index is 13.4. The van der Waals surface area contributed by atoms with Crippen molar-refractivity contribution >= 4 is 5.78 Å². The van der Waals surface area contributed by atoms with E-state index in [1.165, 1.54) is 12.4 Å². The fourth-order valence-electron chi connectivity index (χ4n) is 1.48. The van der Waals surface area contributed by atoms with Gasteiger partial charge in [-0.3, -0.25) is 9.48 Å². The maximum absolute atomic E-state index is 13.4. The number of halogens is 2. The van der Waals surface area contributed by atoms with Crippen molar-refractivity contribution in [2.45, 2.75) is 13.5 Å². The Kier molecular flexibility index (Phi) is 2.99. The number of rotatable bonds is 3. The highest BCUT2D eigenvalue weighted by molar-refractivity contribution is 6.08. The van der Waals surface area contributed by atoms with Gasteiger partial charge < -0.3 is 0 Å². The van der Waals surface area contributed by atoms with Crippen LogP contribution in [0.3, 0.4) is 0 Å². The van der Waals surface area contributed by atoms with Crippen LogP contribution in [0.15, 0.2) is 30.6 Å². The summed E-state index contributed by atoms with van der Waals surface area (Å²) in [5, 5.41) is 3.93. The van der Waals surface area contributed by atoms with Crippen molar-refractivity contribution in [2.24, 2.45) is 0 Å². The van der Waals surface area contributed by atoms with Gasteiger partial charge in [-0.1, -0.05) is 0 Å². The third kappa shape index (κ3) is 2.22.